The van der Waals surface area contributed by atoms with Crippen molar-refractivity contribution in [2.45, 2.75) is 71.1 Å². The van der Waals surface area contributed by atoms with E-state index in [4.69, 9.17) is 0 Å². The molecular formula is C15H28O. The van der Waals surface area contributed by atoms with Crippen molar-refractivity contribution in [1.29, 1.82) is 0 Å². The average Bonchev–Trinajstić information content (AvgIpc) is 2.89. The topological polar surface area (TPSA) is 20.2 Å². The van der Waals surface area contributed by atoms with Crippen LogP contribution in [-0.4, -0.2) is 11.7 Å². The molecule has 0 amide bonds. The largest absolute Gasteiger partial charge is 0.396 e. The molecule has 0 radical (unpaired) electrons. The molecule has 0 aromatic heterocycles. The van der Waals surface area contributed by atoms with Crippen LogP contribution in [0.2, 0.25) is 0 Å². The van der Waals surface area contributed by atoms with Crippen LogP contribution in [0.4, 0.5) is 0 Å². The van der Waals surface area contributed by atoms with E-state index < -0.39 is 0 Å². The maximum absolute atomic E-state index is 9.74. The van der Waals surface area contributed by atoms with Crippen LogP contribution in [0.15, 0.2) is 0 Å². The smallest absolute Gasteiger partial charge is 0.0490 e. The molecule has 2 aliphatic carbocycles. The van der Waals surface area contributed by atoms with E-state index in [9.17, 15) is 5.11 Å². The lowest BCUT2D eigenvalue weighted by Crippen LogP contribution is -2.31. The van der Waals surface area contributed by atoms with E-state index in [-0.39, 0.29) is 0 Å². The van der Waals surface area contributed by atoms with Gasteiger partial charge in [0, 0.05) is 6.61 Å². The van der Waals surface area contributed by atoms with Crippen LogP contribution < -0.4 is 0 Å². The summed E-state index contributed by atoms with van der Waals surface area (Å²) in [6.07, 6.45) is 13.8. The summed E-state index contributed by atoms with van der Waals surface area (Å²) in [5.41, 5.74) is 0.356. The first-order valence-corrected chi connectivity index (χ1v) is 7.41. The van der Waals surface area contributed by atoms with Gasteiger partial charge in [0.15, 0.2) is 0 Å². The van der Waals surface area contributed by atoms with E-state index in [2.05, 4.69) is 6.92 Å². The van der Waals surface area contributed by atoms with Gasteiger partial charge in [0.25, 0.3) is 0 Å². The molecule has 0 aromatic rings. The average molecular weight is 224 g/mol. The van der Waals surface area contributed by atoms with Gasteiger partial charge in [-0.25, -0.2) is 0 Å². The quantitative estimate of drug-likeness (QED) is 0.644. The van der Waals surface area contributed by atoms with Crippen LogP contribution in [0, 0.1) is 17.3 Å². The van der Waals surface area contributed by atoms with E-state index in [0.717, 1.165) is 11.8 Å². The Bertz CT molecular complexity index is 213. The van der Waals surface area contributed by atoms with Crippen molar-refractivity contribution in [2.24, 2.45) is 17.3 Å². The fourth-order valence-corrected chi connectivity index (χ4v) is 4.22. The van der Waals surface area contributed by atoms with Crippen molar-refractivity contribution >= 4 is 0 Å². The molecular weight excluding hydrogens is 196 g/mol. The summed E-state index contributed by atoms with van der Waals surface area (Å²) >= 11 is 0. The summed E-state index contributed by atoms with van der Waals surface area (Å²) in [5.74, 6) is 1.83. The number of unbranched alkanes of at least 4 members (excludes halogenated alkanes) is 4. The van der Waals surface area contributed by atoms with Crippen LogP contribution in [-0.2, 0) is 0 Å². The van der Waals surface area contributed by atoms with Crippen LogP contribution in [0.25, 0.3) is 0 Å². The Kier molecular flexibility index (Phi) is 4.29. The number of fused-ring (bicyclic) bond motifs is 2. The van der Waals surface area contributed by atoms with Gasteiger partial charge in [-0.15, -0.1) is 0 Å². The Balaban J connectivity index is 1.73. The second-order valence-electron chi connectivity index (χ2n) is 6.26. The van der Waals surface area contributed by atoms with Gasteiger partial charge < -0.3 is 5.11 Å². The minimum Gasteiger partial charge on any atom is -0.396 e. The van der Waals surface area contributed by atoms with Gasteiger partial charge >= 0.3 is 0 Å². The zero-order valence-electron chi connectivity index (χ0n) is 10.9. The highest BCUT2D eigenvalue weighted by molar-refractivity contribution is 4.99. The molecule has 1 heteroatoms. The molecule has 94 valence electrons. The Hall–Kier alpha value is -0.0400. The fourth-order valence-electron chi connectivity index (χ4n) is 4.22. The summed E-state index contributed by atoms with van der Waals surface area (Å²) < 4.78 is 0. The summed E-state index contributed by atoms with van der Waals surface area (Å²) in [4.78, 5) is 0. The van der Waals surface area contributed by atoms with Crippen LogP contribution in [0.1, 0.15) is 71.1 Å². The van der Waals surface area contributed by atoms with Gasteiger partial charge in [-0.05, 0) is 42.9 Å². The van der Waals surface area contributed by atoms with E-state index in [1.807, 2.05) is 0 Å². The molecule has 2 bridgehead atoms. The second kappa shape index (κ2) is 5.53. The normalized spacial score (nSPS) is 37.1. The number of hydrogen-bond donors (Lipinski definition) is 1. The highest BCUT2D eigenvalue weighted by atomic mass is 16.3. The fraction of sp³-hybridized carbons (Fsp3) is 1.00. The lowest BCUT2D eigenvalue weighted by Gasteiger charge is -2.36. The predicted molar refractivity (Wildman–Crippen MR) is 68.3 cm³/mol. The summed E-state index contributed by atoms with van der Waals surface area (Å²) in [7, 11) is 0. The molecule has 16 heavy (non-hydrogen) atoms. The highest BCUT2D eigenvalue weighted by Crippen LogP contribution is 2.57. The monoisotopic (exact) mass is 224 g/mol. The summed E-state index contributed by atoms with van der Waals surface area (Å²) in [6.45, 7) is 2.73. The number of rotatable bonds is 7. The highest BCUT2D eigenvalue weighted by Gasteiger charge is 2.49. The van der Waals surface area contributed by atoms with Crippen LogP contribution in [0.3, 0.4) is 0 Å². The number of aliphatic hydroxyl groups excluding tert-OH is 1. The third-order valence-corrected chi connectivity index (χ3v) is 5.20. The standard InChI is InChI=1S/C15H28O/c1-2-3-4-5-6-9-15(12-16)11-13-7-8-14(15)10-13/h13-14,16H,2-12H2,1H3. The molecule has 0 spiro atoms. The van der Waals surface area contributed by atoms with Gasteiger partial charge in [0.1, 0.15) is 0 Å². The molecule has 2 rings (SSSR count). The van der Waals surface area contributed by atoms with Crippen LogP contribution >= 0.6 is 0 Å². The Morgan fingerprint density at radius 3 is 2.50 bits per heavy atom. The molecule has 0 heterocycles. The molecule has 0 saturated heterocycles. The summed E-state index contributed by atoms with van der Waals surface area (Å²) in [6, 6.07) is 0. The van der Waals surface area contributed by atoms with Gasteiger partial charge in [0.05, 0.1) is 0 Å². The van der Waals surface area contributed by atoms with E-state index >= 15 is 0 Å². The van der Waals surface area contributed by atoms with E-state index in [1.54, 1.807) is 0 Å². The van der Waals surface area contributed by atoms with Crippen molar-refractivity contribution in [2.75, 3.05) is 6.61 Å². The second-order valence-corrected chi connectivity index (χ2v) is 6.26. The Labute approximate surface area is 101 Å². The maximum atomic E-state index is 9.74. The molecule has 0 aromatic carbocycles. The molecule has 0 aliphatic heterocycles. The lowest BCUT2D eigenvalue weighted by atomic mass is 9.70. The maximum Gasteiger partial charge on any atom is 0.0490 e. The molecule has 1 N–H and O–H groups in total. The molecule has 2 aliphatic rings. The minimum absolute atomic E-state index is 0.356. The third kappa shape index (κ3) is 2.45. The van der Waals surface area contributed by atoms with Gasteiger partial charge in [0.2, 0.25) is 0 Å². The zero-order valence-corrected chi connectivity index (χ0v) is 10.9. The molecule has 3 unspecified atom stereocenters. The van der Waals surface area contributed by atoms with Gasteiger partial charge in [-0.2, -0.15) is 0 Å². The minimum atomic E-state index is 0.356. The van der Waals surface area contributed by atoms with E-state index in [0.29, 0.717) is 12.0 Å². The van der Waals surface area contributed by atoms with Crippen molar-refractivity contribution in [3.8, 4) is 0 Å². The number of aliphatic hydroxyl groups is 1. The van der Waals surface area contributed by atoms with Crippen LogP contribution in [0.5, 0.6) is 0 Å². The van der Waals surface area contributed by atoms with Gasteiger partial charge in [-0.1, -0.05) is 45.4 Å². The summed E-state index contributed by atoms with van der Waals surface area (Å²) in [5, 5.41) is 9.74. The van der Waals surface area contributed by atoms with Crippen molar-refractivity contribution in [3.05, 3.63) is 0 Å². The molecule has 2 fully saturated rings. The molecule has 2 saturated carbocycles. The lowest BCUT2D eigenvalue weighted by molar-refractivity contribution is 0.0536. The molecule has 1 nitrogen and oxygen atoms in total. The molecule has 3 atom stereocenters. The Morgan fingerprint density at radius 2 is 1.94 bits per heavy atom. The van der Waals surface area contributed by atoms with Crippen molar-refractivity contribution in [1.82, 2.24) is 0 Å². The first-order chi connectivity index (χ1) is 7.80. The zero-order chi connectivity index (χ0) is 11.4. The predicted octanol–water partition coefficient (Wildman–Crippen LogP) is 4.15. The first-order valence-electron chi connectivity index (χ1n) is 7.41. The number of hydrogen-bond acceptors (Lipinski definition) is 1. The van der Waals surface area contributed by atoms with E-state index in [1.165, 1.54) is 64.2 Å². The van der Waals surface area contributed by atoms with Crippen molar-refractivity contribution < 1.29 is 5.11 Å². The third-order valence-electron chi connectivity index (χ3n) is 5.20. The Morgan fingerprint density at radius 1 is 1.12 bits per heavy atom. The first kappa shape index (κ1) is 12.4. The SMILES string of the molecule is CCCCCCCC1(CO)CC2CCC1C2. The van der Waals surface area contributed by atoms with Crippen molar-refractivity contribution in [3.63, 3.8) is 0 Å². The van der Waals surface area contributed by atoms with Gasteiger partial charge in [-0.3, -0.25) is 0 Å².